The zero-order chi connectivity index (χ0) is 10.3. The van der Waals surface area contributed by atoms with Crippen LogP contribution in [-0.4, -0.2) is 4.57 Å². The maximum absolute atomic E-state index is 8.98. The van der Waals surface area contributed by atoms with Gasteiger partial charge < -0.3 is 4.57 Å². The summed E-state index contributed by atoms with van der Waals surface area (Å²) in [7, 11) is 1.97. The Kier molecular flexibility index (Phi) is 1.82. The van der Waals surface area contributed by atoms with E-state index in [-0.39, 0.29) is 0 Å². The number of nitrogens with zero attached hydrogens (tertiary/aromatic N) is 2. The highest BCUT2D eigenvalue weighted by Gasteiger charge is 2.08. The second kappa shape index (κ2) is 2.88. The van der Waals surface area contributed by atoms with Crippen LogP contribution in [-0.2, 0) is 7.05 Å². The van der Waals surface area contributed by atoms with Crippen molar-refractivity contribution in [3.8, 4) is 6.07 Å². The third-order valence-electron chi connectivity index (χ3n) is 2.55. The van der Waals surface area contributed by atoms with E-state index >= 15 is 0 Å². The minimum Gasteiger partial charge on any atom is -0.349 e. The third kappa shape index (κ3) is 1.10. The summed E-state index contributed by atoms with van der Waals surface area (Å²) in [4.78, 5) is 0. The first kappa shape index (κ1) is 8.83. The molecule has 0 spiro atoms. The SMILES string of the molecule is Cc1cc(C)c2c(C#N)cn(C)c2c1. The molecule has 0 N–H and O–H groups in total. The number of nitriles is 1. The molecule has 1 aromatic heterocycles. The molecule has 1 aromatic carbocycles. The fourth-order valence-corrected chi connectivity index (χ4v) is 1.99. The molecule has 2 aromatic rings. The van der Waals surface area contributed by atoms with Crippen molar-refractivity contribution in [3.63, 3.8) is 0 Å². The monoisotopic (exact) mass is 184 g/mol. The van der Waals surface area contributed by atoms with E-state index in [4.69, 9.17) is 5.26 Å². The summed E-state index contributed by atoms with van der Waals surface area (Å²) < 4.78 is 2.01. The van der Waals surface area contributed by atoms with E-state index in [0.29, 0.717) is 0 Å². The molecule has 0 saturated heterocycles. The third-order valence-corrected chi connectivity index (χ3v) is 2.55. The molecule has 2 heteroatoms. The van der Waals surface area contributed by atoms with E-state index in [0.717, 1.165) is 16.5 Å². The Morgan fingerprint density at radius 1 is 1.29 bits per heavy atom. The van der Waals surface area contributed by atoms with Gasteiger partial charge in [-0.1, -0.05) is 6.07 Å². The highest BCUT2D eigenvalue weighted by molar-refractivity contribution is 5.89. The summed E-state index contributed by atoms with van der Waals surface area (Å²) in [5.41, 5.74) is 4.32. The van der Waals surface area contributed by atoms with Gasteiger partial charge in [-0.3, -0.25) is 0 Å². The van der Waals surface area contributed by atoms with E-state index in [1.54, 1.807) is 0 Å². The molecule has 14 heavy (non-hydrogen) atoms. The molecule has 0 saturated carbocycles. The van der Waals surface area contributed by atoms with Crippen molar-refractivity contribution in [2.75, 3.05) is 0 Å². The molecule has 0 aliphatic rings. The van der Waals surface area contributed by atoms with Gasteiger partial charge in [-0.25, -0.2) is 0 Å². The normalized spacial score (nSPS) is 10.4. The molecular weight excluding hydrogens is 172 g/mol. The highest BCUT2D eigenvalue weighted by atomic mass is 14.9. The van der Waals surface area contributed by atoms with Crippen LogP contribution in [0.15, 0.2) is 18.3 Å². The minimum absolute atomic E-state index is 0.764. The summed E-state index contributed by atoms with van der Waals surface area (Å²) in [6, 6.07) is 6.46. The zero-order valence-corrected chi connectivity index (χ0v) is 8.63. The first-order valence-electron chi connectivity index (χ1n) is 4.60. The number of hydrogen-bond donors (Lipinski definition) is 0. The number of rotatable bonds is 0. The zero-order valence-electron chi connectivity index (χ0n) is 8.63. The average Bonchev–Trinajstić information content (AvgIpc) is 2.43. The van der Waals surface area contributed by atoms with Crippen LogP contribution in [0.2, 0.25) is 0 Å². The number of hydrogen-bond acceptors (Lipinski definition) is 1. The summed E-state index contributed by atoms with van der Waals surface area (Å²) in [6.07, 6.45) is 1.89. The Morgan fingerprint density at radius 2 is 2.00 bits per heavy atom. The molecule has 1 heterocycles. The molecule has 0 unspecified atom stereocenters. The number of aromatic nitrogens is 1. The lowest BCUT2D eigenvalue weighted by Crippen LogP contribution is -1.85. The second-order valence-corrected chi connectivity index (χ2v) is 3.74. The lowest BCUT2D eigenvalue weighted by molar-refractivity contribution is 0.966. The van der Waals surface area contributed by atoms with Crippen molar-refractivity contribution >= 4 is 10.9 Å². The van der Waals surface area contributed by atoms with E-state index in [1.165, 1.54) is 11.1 Å². The van der Waals surface area contributed by atoms with Crippen LogP contribution < -0.4 is 0 Å². The van der Waals surface area contributed by atoms with Crippen LogP contribution in [0, 0.1) is 25.2 Å². The van der Waals surface area contributed by atoms with Gasteiger partial charge in [0.05, 0.1) is 5.56 Å². The average molecular weight is 184 g/mol. The molecule has 0 aliphatic carbocycles. The van der Waals surface area contributed by atoms with Crippen molar-refractivity contribution in [3.05, 3.63) is 35.0 Å². The predicted molar refractivity (Wildman–Crippen MR) is 57.1 cm³/mol. The smallest absolute Gasteiger partial charge is 0.101 e. The largest absolute Gasteiger partial charge is 0.349 e. The van der Waals surface area contributed by atoms with Crippen molar-refractivity contribution in [1.82, 2.24) is 4.57 Å². The standard InChI is InChI=1S/C12H12N2/c1-8-4-9(2)12-10(6-13)7-14(3)11(12)5-8/h4-5,7H,1-3H3. The molecule has 2 rings (SSSR count). The first-order chi connectivity index (χ1) is 6.63. The second-order valence-electron chi connectivity index (χ2n) is 3.74. The van der Waals surface area contributed by atoms with E-state index in [9.17, 15) is 0 Å². The highest BCUT2D eigenvalue weighted by Crippen LogP contribution is 2.24. The quantitative estimate of drug-likeness (QED) is 0.618. The Morgan fingerprint density at radius 3 is 2.64 bits per heavy atom. The van der Waals surface area contributed by atoms with Crippen molar-refractivity contribution in [1.29, 1.82) is 5.26 Å². The van der Waals surface area contributed by atoms with Gasteiger partial charge in [0, 0.05) is 24.1 Å². The number of aryl methyl sites for hydroxylation is 3. The predicted octanol–water partition coefficient (Wildman–Crippen LogP) is 2.67. The van der Waals surface area contributed by atoms with E-state index < -0.39 is 0 Å². The van der Waals surface area contributed by atoms with Crippen LogP contribution >= 0.6 is 0 Å². The van der Waals surface area contributed by atoms with E-state index in [1.807, 2.05) is 17.8 Å². The molecule has 2 nitrogen and oxygen atoms in total. The Hall–Kier alpha value is -1.75. The van der Waals surface area contributed by atoms with Gasteiger partial charge in [0.15, 0.2) is 0 Å². The molecule has 0 fully saturated rings. The molecule has 0 atom stereocenters. The number of fused-ring (bicyclic) bond motifs is 1. The van der Waals surface area contributed by atoms with Gasteiger partial charge >= 0.3 is 0 Å². The van der Waals surface area contributed by atoms with Crippen molar-refractivity contribution < 1.29 is 0 Å². The van der Waals surface area contributed by atoms with Crippen LogP contribution in [0.25, 0.3) is 10.9 Å². The summed E-state index contributed by atoms with van der Waals surface area (Å²) in [5, 5.41) is 10.1. The summed E-state index contributed by atoms with van der Waals surface area (Å²) >= 11 is 0. The van der Waals surface area contributed by atoms with Crippen LogP contribution in [0.1, 0.15) is 16.7 Å². The molecule has 0 amide bonds. The van der Waals surface area contributed by atoms with Crippen LogP contribution in [0.4, 0.5) is 0 Å². The fraction of sp³-hybridized carbons (Fsp3) is 0.250. The molecule has 70 valence electrons. The Bertz CT molecular complexity index is 541. The Balaban J connectivity index is 2.98. The maximum atomic E-state index is 8.98. The maximum Gasteiger partial charge on any atom is 0.101 e. The van der Waals surface area contributed by atoms with Gasteiger partial charge in [0.1, 0.15) is 6.07 Å². The number of benzene rings is 1. The van der Waals surface area contributed by atoms with Crippen LogP contribution in [0.3, 0.4) is 0 Å². The van der Waals surface area contributed by atoms with Gasteiger partial charge in [0.2, 0.25) is 0 Å². The van der Waals surface area contributed by atoms with E-state index in [2.05, 4.69) is 32.0 Å². The lowest BCUT2D eigenvalue weighted by Gasteiger charge is -2.01. The summed E-state index contributed by atoms with van der Waals surface area (Å²) in [5.74, 6) is 0. The van der Waals surface area contributed by atoms with Gasteiger partial charge in [-0.2, -0.15) is 5.26 Å². The Labute approximate surface area is 83.4 Å². The van der Waals surface area contributed by atoms with Gasteiger partial charge in [-0.15, -0.1) is 0 Å². The lowest BCUT2D eigenvalue weighted by atomic mass is 10.1. The van der Waals surface area contributed by atoms with Gasteiger partial charge in [0.25, 0.3) is 0 Å². The van der Waals surface area contributed by atoms with Crippen LogP contribution in [0.5, 0.6) is 0 Å². The van der Waals surface area contributed by atoms with Crippen molar-refractivity contribution in [2.24, 2.45) is 7.05 Å². The topological polar surface area (TPSA) is 28.7 Å². The van der Waals surface area contributed by atoms with Crippen molar-refractivity contribution in [2.45, 2.75) is 13.8 Å². The molecule has 0 radical (unpaired) electrons. The van der Waals surface area contributed by atoms with Gasteiger partial charge in [-0.05, 0) is 31.0 Å². The molecule has 0 bridgehead atoms. The fourth-order valence-electron chi connectivity index (χ4n) is 1.99. The minimum atomic E-state index is 0.764. The first-order valence-corrected chi connectivity index (χ1v) is 4.60. The molecular formula is C12H12N2. The summed E-state index contributed by atoms with van der Waals surface area (Å²) in [6.45, 7) is 4.13. The molecule has 0 aliphatic heterocycles.